The fourth-order valence-corrected chi connectivity index (χ4v) is 4.23. The molecule has 144 valence electrons. The van der Waals surface area contributed by atoms with E-state index in [-0.39, 0.29) is 11.9 Å². The molecule has 0 bridgehead atoms. The first-order valence-electron chi connectivity index (χ1n) is 9.93. The third-order valence-electron chi connectivity index (χ3n) is 5.58. The number of hydrogen-bond donors (Lipinski definition) is 1. The molecule has 1 aliphatic carbocycles. The predicted octanol–water partition coefficient (Wildman–Crippen LogP) is 3.85. The first-order chi connectivity index (χ1) is 11.7. The fourth-order valence-electron chi connectivity index (χ4n) is 4.23. The van der Waals surface area contributed by atoms with Crippen LogP contribution in [0.1, 0.15) is 78.6 Å². The van der Waals surface area contributed by atoms with Crippen molar-refractivity contribution in [3.8, 4) is 0 Å². The summed E-state index contributed by atoms with van der Waals surface area (Å²) in [5.41, 5.74) is -0.407. The van der Waals surface area contributed by atoms with Gasteiger partial charge in [-0.15, -0.1) is 0 Å². The number of rotatable bonds is 4. The van der Waals surface area contributed by atoms with Gasteiger partial charge in [0.25, 0.3) is 0 Å². The summed E-state index contributed by atoms with van der Waals surface area (Å²) in [7, 11) is 0. The second kappa shape index (κ2) is 9.02. The van der Waals surface area contributed by atoms with Crippen molar-refractivity contribution < 1.29 is 19.4 Å². The second-order valence-corrected chi connectivity index (χ2v) is 8.82. The maximum atomic E-state index is 12.1. The molecule has 1 heterocycles. The molecule has 1 saturated heterocycles. The van der Waals surface area contributed by atoms with Gasteiger partial charge in [0.05, 0.1) is 5.92 Å². The Morgan fingerprint density at radius 3 is 2.24 bits per heavy atom. The minimum atomic E-state index is -0.644. The molecule has 0 aromatic carbocycles. The van der Waals surface area contributed by atoms with E-state index in [0.717, 1.165) is 45.2 Å². The lowest BCUT2D eigenvalue weighted by atomic mass is 9.85. The number of carboxylic acids is 1. The van der Waals surface area contributed by atoms with Gasteiger partial charge in [0.15, 0.2) is 0 Å². The molecule has 1 saturated carbocycles. The van der Waals surface area contributed by atoms with Crippen molar-refractivity contribution in [1.82, 2.24) is 4.90 Å². The van der Waals surface area contributed by atoms with Crippen LogP contribution in [0.25, 0.3) is 0 Å². The molecular formula is C20H35NO4. The van der Waals surface area contributed by atoms with Crippen molar-refractivity contribution in [2.75, 3.05) is 13.1 Å². The topological polar surface area (TPSA) is 66.8 Å². The average molecular weight is 354 g/mol. The third kappa shape index (κ3) is 6.96. The van der Waals surface area contributed by atoms with Crippen molar-refractivity contribution in [3.05, 3.63) is 0 Å². The van der Waals surface area contributed by atoms with Gasteiger partial charge in [-0.2, -0.15) is 0 Å². The fraction of sp³-hybridized carbons (Fsp3) is 0.900. The Morgan fingerprint density at radius 1 is 1.00 bits per heavy atom. The van der Waals surface area contributed by atoms with Crippen molar-refractivity contribution in [2.24, 2.45) is 11.8 Å². The number of carbonyl (C=O) groups is 2. The van der Waals surface area contributed by atoms with E-state index in [1.165, 1.54) is 19.3 Å². The maximum absolute atomic E-state index is 12.1. The quantitative estimate of drug-likeness (QED) is 0.778. The number of likely N-dealkylation sites (tertiary alicyclic amines) is 1. The van der Waals surface area contributed by atoms with Gasteiger partial charge in [0.2, 0.25) is 0 Å². The summed E-state index contributed by atoms with van der Waals surface area (Å²) < 4.78 is 5.48. The SMILES string of the molecule is CC(C)(C)OC(=O)CC1CCCCC(N2CCC(C(=O)O)CC2)CC1. The molecule has 0 aromatic heterocycles. The molecule has 0 aromatic rings. The molecule has 25 heavy (non-hydrogen) atoms. The molecule has 1 N–H and O–H groups in total. The summed E-state index contributed by atoms with van der Waals surface area (Å²) in [5, 5.41) is 9.15. The Hall–Kier alpha value is -1.10. The van der Waals surface area contributed by atoms with Crippen LogP contribution in [-0.4, -0.2) is 46.7 Å². The van der Waals surface area contributed by atoms with Gasteiger partial charge in [0, 0.05) is 12.5 Å². The highest BCUT2D eigenvalue weighted by Crippen LogP contribution is 2.30. The molecule has 0 spiro atoms. The van der Waals surface area contributed by atoms with Gasteiger partial charge in [-0.05, 0) is 78.3 Å². The normalized spacial score (nSPS) is 27.3. The lowest BCUT2D eigenvalue weighted by molar-refractivity contribution is -0.156. The van der Waals surface area contributed by atoms with Crippen LogP contribution in [0, 0.1) is 11.8 Å². The zero-order chi connectivity index (χ0) is 18.4. The van der Waals surface area contributed by atoms with E-state index in [9.17, 15) is 9.59 Å². The van der Waals surface area contributed by atoms with Crippen LogP contribution in [0.4, 0.5) is 0 Å². The highest BCUT2D eigenvalue weighted by molar-refractivity contribution is 5.70. The molecule has 0 amide bonds. The molecule has 2 unspecified atom stereocenters. The summed E-state index contributed by atoms with van der Waals surface area (Å²) in [6, 6.07) is 0.552. The summed E-state index contributed by atoms with van der Waals surface area (Å²) in [6.07, 6.45) is 8.97. The summed E-state index contributed by atoms with van der Waals surface area (Å²) in [6.45, 7) is 7.55. The standard InChI is InChI=1S/C20H35NO4/c1-20(2,3)25-18(22)14-15-6-4-5-7-17(9-8-15)21-12-10-16(11-13-21)19(23)24/h15-17H,4-14H2,1-3H3,(H,23,24). The Kier molecular flexibility index (Phi) is 7.29. The predicted molar refractivity (Wildman–Crippen MR) is 97.4 cm³/mol. The highest BCUT2D eigenvalue weighted by atomic mass is 16.6. The lowest BCUT2D eigenvalue weighted by Gasteiger charge is -2.38. The van der Waals surface area contributed by atoms with Crippen molar-refractivity contribution in [1.29, 1.82) is 0 Å². The number of nitrogens with zero attached hydrogens (tertiary/aromatic N) is 1. The van der Waals surface area contributed by atoms with Crippen molar-refractivity contribution in [3.63, 3.8) is 0 Å². The van der Waals surface area contributed by atoms with Gasteiger partial charge >= 0.3 is 11.9 Å². The van der Waals surface area contributed by atoms with Gasteiger partial charge in [-0.25, -0.2) is 0 Å². The number of aliphatic carboxylic acids is 1. The van der Waals surface area contributed by atoms with E-state index in [4.69, 9.17) is 9.84 Å². The van der Waals surface area contributed by atoms with Gasteiger partial charge in [0.1, 0.15) is 5.60 Å². The van der Waals surface area contributed by atoms with Crippen LogP contribution in [0.2, 0.25) is 0 Å². The second-order valence-electron chi connectivity index (χ2n) is 8.82. The smallest absolute Gasteiger partial charge is 0.306 e. The van der Waals surface area contributed by atoms with Crippen LogP contribution < -0.4 is 0 Å². The minimum absolute atomic E-state index is 0.0723. The van der Waals surface area contributed by atoms with E-state index in [1.807, 2.05) is 20.8 Å². The maximum Gasteiger partial charge on any atom is 0.306 e. The Labute approximate surface area is 152 Å². The molecule has 2 fully saturated rings. The van der Waals surface area contributed by atoms with E-state index in [1.54, 1.807) is 0 Å². The molecule has 5 heteroatoms. The van der Waals surface area contributed by atoms with Crippen LogP contribution in [0.3, 0.4) is 0 Å². The molecule has 0 radical (unpaired) electrons. The number of esters is 1. The number of hydrogen-bond acceptors (Lipinski definition) is 4. The van der Waals surface area contributed by atoms with E-state index < -0.39 is 11.6 Å². The first kappa shape index (κ1) is 20.2. The first-order valence-corrected chi connectivity index (χ1v) is 9.93. The number of piperidine rings is 1. The van der Waals surface area contributed by atoms with E-state index >= 15 is 0 Å². The zero-order valence-electron chi connectivity index (χ0n) is 16.1. The van der Waals surface area contributed by atoms with Gasteiger partial charge in [-0.3, -0.25) is 9.59 Å². The Bertz CT molecular complexity index is 449. The average Bonchev–Trinajstić information content (AvgIpc) is 2.48. The van der Waals surface area contributed by atoms with Crippen molar-refractivity contribution >= 4 is 11.9 Å². The summed E-state index contributed by atoms with van der Waals surface area (Å²) in [4.78, 5) is 25.7. The van der Waals surface area contributed by atoms with Crippen LogP contribution in [0.5, 0.6) is 0 Å². The number of ether oxygens (including phenoxy) is 1. The molecule has 2 atom stereocenters. The molecule has 2 rings (SSSR count). The summed E-state index contributed by atoms with van der Waals surface area (Å²) >= 11 is 0. The largest absolute Gasteiger partial charge is 0.481 e. The minimum Gasteiger partial charge on any atom is -0.481 e. The zero-order valence-corrected chi connectivity index (χ0v) is 16.1. The Balaban J connectivity index is 1.81. The number of carboxylic acid groups (broad SMARTS) is 1. The van der Waals surface area contributed by atoms with Crippen LogP contribution in [0.15, 0.2) is 0 Å². The van der Waals surface area contributed by atoms with E-state index in [0.29, 0.717) is 18.4 Å². The molecular weight excluding hydrogens is 318 g/mol. The lowest BCUT2D eigenvalue weighted by Crippen LogP contribution is -2.43. The molecule has 5 nitrogen and oxygen atoms in total. The highest BCUT2D eigenvalue weighted by Gasteiger charge is 2.30. The molecule has 2 aliphatic rings. The number of carbonyl (C=O) groups excluding carboxylic acids is 1. The third-order valence-corrected chi connectivity index (χ3v) is 5.58. The van der Waals surface area contributed by atoms with E-state index in [2.05, 4.69) is 4.90 Å². The summed E-state index contributed by atoms with van der Waals surface area (Å²) in [5.74, 6) is -0.453. The van der Waals surface area contributed by atoms with Gasteiger partial charge < -0.3 is 14.7 Å². The van der Waals surface area contributed by atoms with Crippen LogP contribution in [-0.2, 0) is 14.3 Å². The molecule has 1 aliphatic heterocycles. The monoisotopic (exact) mass is 353 g/mol. The van der Waals surface area contributed by atoms with Crippen molar-refractivity contribution in [2.45, 2.75) is 90.2 Å². The van der Waals surface area contributed by atoms with Gasteiger partial charge in [-0.1, -0.05) is 12.8 Å². The van der Waals surface area contributed by atoms with Crippen LogP contribution >= 0.6 is 0 Å². The Morgan fingerprint density at radius 2 is 1.64 bits per heavy atom.